The Bertz CT molecular complexity index is 1850. The lowest BCUT2D eigenvalue weighted by atomic mass is 10.1. The first-order valence-electron chi connectivity index (χ1n) is 14.3. The first kappa shape index (κ1) is 36.3. The molecule has 0 unspecified atom stereocenters. The highest BCUT2D eigenvalue weighted by atomic mass is 16.6. The van der Waals surface area contributed by atoms with Crippen LogP contribution in [-0.4, -0.2) is 70.5 Å². The van der Waals surface area contributed by atoms with Crippen LogP contribution in [0.2, 0.25) is 0 Å². The number of aliphatic hydroxyl groups is 1. The molecular formula is C34H34N4O10. The molecule has 4 rings (SSSR count). The standard InChI is InChI=1S/C17H18N2O5.C17H16N2O5/c2*1-11(20)12-7-8-15(19(22)23)16(10-12)24-14-6-4-5-13(9-14)17(21)18(2)3/h4-11,20H,1-3H3;4-10H,1-3H3/t11-;/m0./s1. The van der Waals surface area contributed by atoms with Crippen molar-refractivity contribution in [3.05, 3.63) is 127 Å². The third-order valence-corrected chi connectivity index (χ3v) is 6.66. The Morgan fingerprint density at radius 1 is 0.667 bits per heavy atom. The van der Waals surface area contributed by atoms with Crippen molar-refractivity contribution in [1.29, 1.82) is 0 Å². The number of amides is 2. The fraction of sp³-hybridized carbons (Fsp3) is 0.206. The van der Waals surface area contributed by atoms with E-state index in [-0.39, 0.29) is 46.2 Å². The molecule has 0 saturated heterocycles. The number of hydrogen-bond acceptors (Lipinski definition) is 10. The second-order valence-corrected chi connectivity index (χ2v) is 10.8. The van der Waals surface area contributed by atoms with E-state index >= 15 is 0 Å². The van der Waals surface area contributed by atoms with Crippen molar-refractivity contribution >= 4 is 29.0 Å². The van der Waals surface area contributed by atoms with E-state index in [1.165, 1.54) is 65.3 Å². The summed E-state index contributed by atoms with van der Waals surface area (Å²) < 4.78 is 11.2. The van der Waals surface area contributed by atoms with Gasteiger partial charge in [0.1, 0.15) is 11.5 Å². The minimum Gasteiger partial charge on any atom is -0.450 e. The van der Waals surface area contributed by atoms with Crippen molar-refractivity contribution in [2.75, 3.05) is 28.2 Å². The van der Waals surface area contributed by atoms with Gasteiger partial charge in [-0.25, -0.2) is 0 Å². The van der Waals surface area contributed by atoms with Crippen LogP contribution in [-0.2, 0) is 0 Å². The summed E-state index contributed by atoms with van der Waals surface area (Å²) in [6, 6.07) is 20.8. The molecule has 4 aromatic carbocycles. The van der Waals surface area contributed by atoms with Gasteiger partial charge in [0.2, 0.25) is 11.5 Å². The molecule has 14 heteroatoms. The number of nitro groups is 2. The van der Waals surface area contributed by atoms with Crippen molar-refractivity contribution in [1.82, 2.24) is 9.80 Å². The summed E-state index contributed by atoms with van der Waals surface area (Å²) in [5.41, 5.74) is 1.12. The lowest BCUT2D eigenvalue weighted by Gasteiger charge is -2.13. The molecule has 250 valence electrons. The van der Waals surface area contributed by atoms with Crippen LogP contribution >= 0.6 is 0 Å². The Labute approximate surface area is 276 Å². The van der Waals surface area contributed by atoms with Gasteiger partial charge in [0.05, 0.1) is 16.0 Å². The zero-order valence-corrected chi connectivity index (χ0v) is 27.1. The summed E-state index contributed by atoms with van der Waals surface area (Å²) in [5, 5.41) is 31.9. The van der Waals surface area contributed by atoms with Crippen molar-refractivity contribution in [2.45, 2.75) is 20.0 Å². The average Bonchev–Trinajstić information content (AvgIpc) is 3.04. The first-order chi connectivity index (χ1) is 22.6. The molecule has 1 N–H and O–H groups in total. The highest BCUT2D eigenvalue weighted by Crippen LogP contribution is 2.35. The van der Waals surface area contributed by atoms with E-state index in [9.17, 15) is 39.7 Å². The predicted molar refractivity (Wildman–Crippen MR) is 176 cm³/mol. The molecule has 2 amide bonds. The maximum atomic E-state index is 12.0. The molecule has 0 bridgehead atoms. The van der Waals surface area contributed by atoms with Gasteiger partial charge >= 0.3 is 11.4 Å². The van der Waals surface area contributed by atoms with Gasteiger partial charge in [-0.2, -0.15) is 0 Å². The second kappa shape index (κ2) is 15.9. The van der Waals surface area contributed by atoms with Crippen LogP contribution in [0.25, 0.3) is 0 Å². The van der Waals surface area contributed by atoms with Gasteiger partial charge in [0.25, 0.3) is 11.8 Å². The highest BCUT2D eigenvalue weighted by molar-refractivity contribution is 5.95. The maximum Gasteiger partial charge on any atom is 0.311 e. The Morgan fingerprint density at radius 3 is 1.50 bits per heavy atom. The Kier molecular flexibility index (Phi) is 12.0. The third kappa shape index (κ3) is 9.43. The summed E-state index contributed by atoms with van der Waals surface area (Å²) >= 11 is 0. The van der Waals surface area contributed by atoms with Crippen molar-refractivity contribution in [3.63, 3.8) is 0 Å². The summed E-state index contributed by atoms with van der Waals surface area (Å²) in [6.07, 6.45) is -0.783. The number of nitro benzene ring substituents is 2. The normalized spacial score (nSPS) is 10.9. The average molecular weight is 659 g/mol. The monoisotopic (exact) mass is 658 g/mol. The van der Waals surface area contributed by atoms with E-state index in [2.05, 4.69) is 0 Å². The van der Waals surface area contributed by atoms with Gasteiger partial charge in [-0.05, 0) is 80.1 Å². The minimum atomic E-state index is -0.783. The summed E-state index contributed by atoms with van der Waals surface area (Å²) in [6.45, 7) is 2.92. The third-order valence-electron chi connectivity index (χ3n) is 6.66. The van der Waals surface area contributed by atoms with Crippen LogP contribution in [0.1, 0.15) is 56.6 Å². The first-order valence-corrected chi connectivity index (χ1v) is 14.3. The molecule has 14 nitrogen and oxygen atoms in total. The van der Waals surface area contributed by atoms with E-state index in [4.69, 9.17) is 9.47 Å². The number of ether oxygens (including phenoxy) is 2. The van der Waals surface area contributed by atoms with Crippen LogP contribution < -0.4 is 9.47 Å². The van der Waals surface area contributed by atoms with Gasteiger partial charge in [0, 0.05) is 57.0 Å². The number of ketones is 1. The van der Waals surface area contributed by atoms with Gasteiger partial charge < -0.3 is 24.4 Å². The van der Waals surface area contributed by atoms with Gasteiger partial charge in [0.15, 0.2) is 5.78 Å². The van der Waals surface area contributed by atoms with Gasteiger partial charge in [-0.3, -0.25) is 34.6 Å². The van der Waals surface area contributed by atoms with Crippen LogP contribution in [0, 0.1) is 20.2 Å². The van der Waals surface area contributed by atoms with Crippen molar-refractivity contribution in [2.24, 2.45) is 0 Å². The van der Waals surface area contributed by atoms with E-state index in [0.717, 1.165) is 0 Å². The molecule has 0 aliphatic heterocycles. The number of Topliss-reactive ketones (excluding diaryl/α,β-unsaturated/α-hetero) is 1. The van der Waals surface area contributed by atoms with E-state index < -0.39 is 16.0 Å². The number of nitrogens with zero attached hydrogens (tertiary/aromatic N) is 4. The SMILES string of the molecule is CC(=O)c1ccc([N+](=O)[O-])c(Oc2cccc(C(=O)N(C)C)c2)c1.C[C@H](O)c1ccc([N+](=O)[O-])c(Oc2cccc(C(=O)N(C)C)c2)c1. The minimum absolute atomic E-state index is 0.00727. The molecule has 0 fully saturated rings. The number of benzene rings is 4. The molecule has 0 aliphatic carbocycles. The molecule has 1 atom stereocenters. The van der Waals surface area contributed by atoms with E-state index in [0.29, 0.717) is 28.0 Å². The smallest absolute Gasteiger partial charge is 0.311 e. The number of hydrogen-bond donors (Lipinski definition) is 1. The molecule has 0 saturated carbocycles. The lowest BCUT2D eigenvalue weighted by Crippen LogP contribution is -2.21. The Morgan fingerprint density at radius 2 is 1.10 bits per heavy atom. The fourth-order valence-corrected chi connectivity index (χ4v) is 4.14. The Hall–Kier alpha value is -6.15. The lowest BCUT2D eigenvalue weighted by molar-refractivity contribution is -0.385. The van der Waals surface area contributed by atoms with Crippen molar-refractivity contribution < 1.29 is 38.8 Å². The molecule has 0 spiro atoms. The van der Waals surface area contributed by atoms with Gasteiger partial charge in [-0.15, -0.1) is 0 Å². The topological polar surface area (TPSA) is 183 Å². The second-order valence-electron chi connectivity index (χ2n) is 10.8. The summed E-state index contributed by atoms with van der Waals surface area (Å²) in [5.74, 6) is -0.124. The molecule has 4 aromatic rings. The molecule has 0 heterocycles. The highest BCUT2D eigenvalue weighted by Gasteiger charge is 2.20. The zero-order chi connectivity index (χ0) is 35.7. The number of rotatable bonds is 10. The van der Waals surface area contributed by atoms with E-state index in [1.807, 2.05) is 0 Å². The van der Waals surface area contributed by atoms with Crippen LogP contribution in [0.5, 0.6) is 23.0 Å². The van der Waals surface area contributed by atoms with E-state index in [1.54, 1.807) is 71.5 Å². The number of carbonyl (C=O) groups excluding carboxylic acids is 3. The largest absolute Gasteiger partial charge is 0.450 e. The number of carbonyl (C=O) groups is 3. The zero-order valence-electron chi connectivity index (χ0n) is 27.1. The molecule has 48 heavy (non-hydrogen) atoms. The maximum absolute atomic E-state index is 12.0. The molecule has 0 aliphatic rings. The van der Waals surface area contributed by atoms with Gasteiger partial charge in [-0.1, -0.05) is 12.1 Å². The predicted octanol–water partition coefficient (Wildman–Crippen LogP) is 6.43. The quantitative estimate of drug-likeness (QED) is 0.113. The fourth-order valence-electron chi connectivity index (χ4n) is 4.14. The summed E-state index contributed by atoms with van der Waals surface area (Å²) in [4.78, 5) is 59.4. The van der Waals surface area contributed by atoms with Crippen LogP contribution in [0.4, 0.5) is 11.4 Å². The molecule has 0 aromatic heterocycles. The molecule has 0 radical (unpaired) electrons. The van der Waals surface area contributed by atoms with Crippen LogP contribution in [0.3, 0.4) is 0 Å². The molecular weight excluding hydrogens is 624 g/mol. The summed E-state index contributed by atoms with van der Waals surface area (Å²) in [7, 11) is 6.51. The number of aliphatic hydroxyl groups excluding tert-OH is 1. The van der Waals surface area contributed by atoms with Crippen LogP contribution in [0.15, 0.2) is 84.9 Å². The Balaban J connectivity index is 0.000000260. The van der Waals surface area contributed by atoms with Crippen molar-refractivity contribution in [3.8, 4) is 23.0 Å².